The van der Waals surface area contributed by atoms with E-state index in [1.54, 1.807) is 11.6 Å². The number of nitrogens with one attached hydrogen (secondary N) is 2. The van der Waals surface area contributed by atoms with Crippen LogP contribution in [0.15, 0.2) is 11.6 Å². The smallest absolute Gasteiger partial charge is 0.245 e. The number of amides is 2. The molecule has 3 atom stereocenters. The summed E-state index contributed by atoms with van der Waals surface area (Å²) in [6.45, 7) is 0.0320. The van der Waals surface area contributed by atoms with Crippen molar-refractivity contribution >= 4 is 28.3 Å². The molecule has 1 aromatic rings. The van der Waals surface area contributed by atoms with Gasteiger partial charge in [0.25, 0.3) is 0 Å². The van der Waals surface area contributed by atoms with Crippen molar-refractivity contribution in [2.45, 2.75) is 19.3 Å². The molecule has 0 aromatic carbocycles. The number of carbonyl (C=O) groups is 2. The Kier molecular flexibility index (Phi) is 3.03. The molecule has 1 heterocycles. The molecule has 0 saturated heterocycles. The molecule has 0 radical (unpaired) electrons. The average Bonchev–Trinajstić information content (AvgIpc) is 2.81. The van der Waals surface area contributed by atoms with Crippen LogP contribution in [-0.4, -0.2) is 23.3 Å². The van der Waals surface area contributed by atoms with E-state index < -0.39 is 0 Å². The molecule has 2 fully saturated rings. The Labute approximate surface area is 109 Å². The van der Waals surface area contributed by atoms with Gasteiger partial charge in [0.15, 0.2) is 5.13 Å². The maximum absolute atomic E-state index is 11.8. The first-order valence-electron chi connectivity index (χ1n) is 6.19. The predicted molar refractivity (Wildman–Crippen MR) is 68.1 cm³/mol. The lowest BCUT2D eigenvalue weighted by atomic mass is 10.0. The Morgan fingerprint density at radius 3 is 2.78 bits per heavy atom. The van der Waals surface area contributed by atoms with Gasteiger partial charge in [-0.1, -0.05) is 0 Å². The Hall–Kier alpha value is -1.43. The number of aromatic nitrogens is 1. The highest BCUT2D eigenvalue weighted by molar-refractivity contribution is 7.13. The van der Waals surface area contributed by atoms with E-state index in [2.05, 4.69) is 15.6 Å². The van der Waals surface area contributed by atoms with E-state index in [0.717, 1.165) is 24.7 Å². The molecule has 2 saturated carbocycles. The van der Waals surface area contributed by atoms with Gasteiger partial charge in [0.2, 0.25) is 11.8 Å². The van der Waals surface area contributed by atoms with Gasteiger partial charge in [0.1, 0.15) is 0 Å². The summed E-state index contributed by atoms with van der Waals surface area (Å²) in [5, 5.41) is 7.70. The van der Waals surface area contributed by atoms with Gasteiger partial charge < -0.3 is 10.6 Å². The second-order valence-electron chi connectivity index (χ2n) is 5.03. The summed E-state index contributed by atoms with van der Waals surface area (Å²) in [6.07, 6.45) is 4.94. The second-order valence-corrected chi connectivity index (χ2v) is 5.92. The van der Waals surface area contributed by atoms with Crippen molar-refractivity contribution in [3.05, 3.63) is 11.6 Å². The van der Waals surface area contributed by atoms with Gasteiger partial charge in [-0.2, -0.15) is 0 Å². The number of fused-ring (bicyclic) bond motifs is 1. The van der Waals surface area contributed by atoms with Crippen molar-refractivity contribution < 1.29 is 9.59 Å². The van der Waals surface area contributed by atoms with Gasteiger partial charge >= 0.3 is 0 Å². The summed E-state index contributed by atoms with van der Waals surface area (Å²) in [4.78, 5) is 27.3. The van der Waals surface area contributed by atoms with Gasteiger partial charge in [0.05, 0.1) is 6.54 Å². The van der Waals surface area contributed by atoms with Crippen LogP contribution in [0.25, 0.3) is 0 Å². The predicted octanol–water partition coefficient (Wildman–Crippen LogP) is 1.24. The molecule has 18 heavy (non-hydrogen) atoms. The van der Waals surface area contributed by atoms with Crippen LogP contribution in [0.5, 0.6) is 0 Å². The number of carbonyl (C=O) groups excluding carboxylic acids is 2. The van der Waals surface area contributed by atoms with E-state index in [1.165, 1.54) is 17.8 Å². The van der Waals surface area contributed by atoms with E-state index in [4.69, 9.17) is 0 Å². The molecule has 2 amide bonds. The number of rotatable bonds is 4. The van der Waals surface area contributed by atoms with Crippen LogP contribution in [0.4, 0.5) is 5.13 Å². The van der Waals surface area contributed by atoms with Crippen LogP contribution >= 0.6 is 11.3 Å². The molecule has 6 heteroatoms. The Morgan fingerprint density at radius 2 is 2.11 bits per heavy atom. The first-order valence-corrected chi connectivity index (χ1v) is 7.07. The summed E-state index contributed by atoms with van der Waals surface area (Å²) in [5.41, 5.74) is 0. The highest BCUT2D eigenvalue weighted by atomic mass is 32.1. The maximum Gasteiger partial charge on any atom is 0.245 e. The number of hydrogen-bond donors (Lipinski definition) is 2. The molecule has 3 rings (SSSR count). The molecule has 2 aliphatic rings. The minimum atomic E-state index is -0.221. The summed E-state index contributed by atoms with van der Waals surface area (Å²) < 4.78 is 0. The Balaban J connectivity index is 1.40. The van der Waals surface area contributed by atoms with Crippen molar-refractivity contribution in [2.24, 2.45) is 17.8 Å². The summed E-state index contributed by atoms with van der Waals surface area (Å²) >= 11 is 1.36. The van der Waals surface area contributed by atoms with Gasteiger partial charge in [0, 0.05) is 17.5 Å². The summed E-state index contributed by atoms with van der Waals surface area (Å²) in [7, 11) is 0. The number of nitrogens with zero attached hydrogens (tertiary/aromatic N) is 1. The van der Waals surface area contributed by atoms with Crippen LogP contribution in [-0.2, 0) is 9.59 Å². The van der Waals surface area contributed by atoms with Crippen molar-refractivity contribution in [1.82, 2.24) is 10.3 Å². The lowest BCUT2D eigenvalue weighted by Crippen LogP contribution is -2.36. The fraction of sp³-hybridized carbons (Fsp3) is 0.583. The van der Waals surface area contributed by atoms with Gasteiger partial charge in [-0.25, -0.2) is 4.98 Å². The monoisotopic (exact) mass is 265 g/mol. The Bertz CT molecular complexity index is 450. The van der Waals surface area contributed by atoms with Gasteiger partial charge in [-0.05, 0) is 31.1 Å². The third-order valence-corrected chi connectivity index (χ3v) is 4.40. The summed E-state index contributed by atoms with van der Waals surface area (Å²) in [5.74, 6) is 1.49. The van der Waals surface area contributed by atoms with E-state index in [0.29, 0.717) is 5.13 Å². The molecule has 2 aliphatic carbocycles. The standard InChI is InChI=1S/C12H15N3O2S/c16-10(15-12-13-1-2-18-12)6-14-11(17)9-4-7-3-8(7)5-9/h1-2,7-9H,3-6H2,(H,14,17)(H,13,15,16)/t7-,8+,9?. The third kappa shape index (κ3) is 2.53. The van der Waals surface area contributed by atoms with E-state index in [1.807, 2.05) is 0 Å². The molecule has 0 spiro atoms. The lowest BCUT2D eigenvalue weighted by molar-refractivity contribution is -0.127. The van der Waals surface area contributed by atoms with Gasteiger partial charge in [-0.15, -0.1) is 11.3 Å². The molecular weight excluding hydrogens is 250 g/mol. The van der Waals surface area contributed by atoms with E-state index in [-0.39, 0.29) is 24.3 Å². The number of anilines is 1. The minimum Gasteiger partial charge on any atom is -0.347 e. The first-order chi connectivity index (χ1) is 8.72. The first kappa shape index (κ1) is 11.6. The third-order valence-electron chi connectivity index (χ3n) is 3.72. The van der Waals surface area contributed by atoms with Crippen LogP contribution in [0.3, 0.4) is 0 Å². The molecule has 1 aromatic heterocycles. The van der Waals surface area contributed by atoms with Crippen LogP contribution in [0.2, 0.25) is 0 Å². The van der Waals surface area contributed by atoms with Crippen molar-refractivity contribution in [1.29, 1.82) is 0 Å². The lowest BCUT2D eigenvalue weighted by Gasteiger charge is -2.11. The quantitative estimate of drug-likeness (QED) is 0.860. The molecule has 1 unspecified atom stereocenters. The fourth-order valence-corrected chi connectivity index (χ4v) is 3.23. The number of thiazole rings is 1. The van der Waals surface area contributed by atoms with Crippen LogP contribution in [0.1, 0.15) is 19.3 Å². The zero-order chi connectivity index (χ0) is 12.5. The highest BCUT2D eigenvalue weighted by Gasteiger charge is 2.47. The van der Waals surface area contributed by atoms with Crippen LogP contribution in [0, 0.1) is 17.8 Å². The maximum atomic E-state index is 11.8. The highest BCUT2D eigenvalue weighted by Crippen LogP contribution is 2.54. The molecule has 0 bridgehead atoms. The SMILES string of the molecule is O=C(CNC(=O)C1C[C@@H]2C[C@@H]2C1)Nc1nccs1. The average molecular weight is 265 g/mol. The zero-order valence-corrected chi connectivity index (χ0v) is 10.7. The molecule has 96 valence electrons. The number of hydrogen-bond acceptors (Lipinski definition) is 4. The molecule has 0 aliphatic heterocycles. The topological polar surface area (TPSA) is 71.1 Å². The summed E-state index contributed by atoms with van der Waals surface area (Å²) in [6, 6.07) is 0. The van der Waals surface area contributed by atoms with E-state index >= 15 is 0 Å². The van der Waals surface area contributed by atoms with Crippen LogP contribution < -0.4 is 10.6 Å². The van der Waals surface area contributed by atoms with Crippen molar-refractivity contribution in [2.75, 3.05) is 11.9 Å². The molecule has 2 N–H and O–H groups in total. The normalized spacial score (nSPS) is 28.6. The van der Waals surface area contributed by atoms with Crippen molar-refractivity contribution in [3.8, 4) is 0 Å². The zero-order valence-electron chi connectivity index (χ0n) is 9.89. The minimum absolute atomic E-state index is 0.0245. The van der Waals surface area contributed by atoms with Crippen molar-refractivity contribution in [3.63, 3.8) is 0 Å². The largest absolute Gasteiger partial charge is 0.347 e. The Morgan fingerprint density at radius 1 is 1.33 bits per heavy atom. The molecule has 5 nitrogen and oxygen atoms in total. The van der Waals surface area contributed by atoms with Gasteiger partial charge in [-0.3, -0.25) is 9.59 Å². The fourth-order valence-electron chi connectivity index (χ4n) is 2.69. The second kappa shape index (κ2) is 4.68. The molecular formula is C12H15N3O2S. The van der Waals surface area contributed by atoms with E-state index in [9.17, 15) is 9.59 Å².